The number of aryl methyl sites for hydroxylation is 1. The van der Waals surface area contributed by atoms with E-state index < -0.39 is 4.92 Å². The van der Waals surface area contributed by atoms with Crippen molar-refractivity contribution >= 4 is 21.6 Å². The number of rotatable bonds is 3. The van der Waals surface area contributed by atoms with Gasteiger partial charge in [-0.25, -0.2) is 0 Å². The van der Waals surface area contributed by atoms with Crippen LogP contribution in [-0.2, 0) is 6.42 Å². The Morgan fingerprint density at radius 3 is 3.00 bits per heavy atom. The largest absolute Gasteiger partial charge is 0.291 e. The molecule has 1 aromatic rings. The monoisotopic (exact) mass is 254 g/mol. The number of nitro groups is 1. The molecule has 0 N–H and O–H groups in total. The maximum absolute atomic E-state index is 10.6. The van der Waals surface area contributed by atoms with Gasteiger partial charge >= 0.3 is 0 Å². The number of terminal acetylenes is 1. The van der Waals surface area contributed by atoms with Crippen LogP contribution in [0.1, 0.15) is 12.1 Å². The first-order valence-corrected chi connectivity index (χ1v) is 4.66. The summed E-state index contributed by atoms with van der Waals surface area (Å²) in [6, 6.07) is 1.43. The van der Waals surface area contributed by atoms with E-state index in [4.69, 9.17) is 6.42 Å². The molecule has 0 bridgehead atoms. The molecule has 14 heavy (non-hydrogen) atoms. The predicted molar refractivity (Wildman–Crippen MR) is 55.7 cm³/mol. The van der Waals surface area contributed by atoms with Gasteiger partial charge in [-0.05, 0) is 15.9 Å². The van der Waals surface area contributed by atoms with Crippen molar-refractivity contribution in [2.45, 2.75) is 12.8 Å². The molecule has 1 heterocycles. The minimum atomic E-state index is -0.455. The van der Waals surface area contributed by atoms with Gasteiger partial charge in [0.1, 0.15) is 5.69 Å². The third kappa shape index (κ3) is 2.54. The fourth-order valence-electron chi connectivity index (χ4n) is 0.998. The lowest BCUT2D eigenvalue weighted by Crippen LogP contribution is -1.98. The lowest BCUT2D eigenvalue weighted by Gasteiger charge is -1.99. The number of nitrogens with zero attached hydrogens (tertiary/aromatic N) is 2. The number of hydrogen-bond donors (Lipinski definition) is 0. The molecular weight excluding hydrogens is 248 g/mol. The fraction of sp³-hybridized carbons (Fsp3) is 0.222. The molecular formula is C9H7BrN2O2. The first-order valence-electron chi connectivity index (χ1n) is 3.87. The quantitative estimate of drug-likeness (QED) is 0.473. The number of pyridine rings is 1. The second-order valence-electron chi connectivity index (χ2n) is 2.58. The van der Waals surface area contributed by atoms with Crippen LogP contribution in [0.15, 0.2) is 16.7 Å². The molecule has 0 aliphatic carbocycles. The van der Waals surface area contributed by atoms with Crippen molar-refractivity contribution < 1.29 is 4.92 Å². The molecule has 0 fully saturated rings. The molecule has 0 saturated carbocycles. The van der Waals surface area contributed by atoms with Crippen LogP contribution >= 0.6 is 15.9 Å². The zero-order chi connectivity index (χ0) is 10.6. The summed E-state index contributed by atoms with van der Waals surface area (Å²) in [4.78, 5) is 14.1. The van der Waals surface area contributed by atoms with Crippen LogP contribution in [0.2, 0.25) is 0 Å². The van der Waals surface area contributed by atoms with Gasteiger partial charge in [-0.15, -0.1) is 12.3 Å². The Morgan fingerprint density at radius 2 is 2.43 bits per heavy atom. The summed E-state index contributed by atoms with van der Waals surface area (Å²) in [5, 5.41) is 10.6. The van der Waals surface area contributed by atoms with Crippen molar-refractivity contribution in [1.82, 2.24) is 4.98 Å². The van der Waals surface area contributed by atoms with Gasteiger partial charge in [0.25, 0.3) is 5.69 Å². The number of aromatic nitrogens is 1. The third-order valence-electron chi connectivity index (χ3n) is 1.62. The van der Waals surface area contributed by atoms with E-state index in [0.717, 1.165) is 0 Å². The number of hydrogen-bond acceptors (Lipinski definition) is 3. The van der Waals surface area contributed by atoms with Crippen molar-refractivity contribution in [1.29, 1.82) is 0 Å². The van der Waals surface area contributed by atoms with Gasteiger partial charge in [-0.1, -0.05) is 0 Å². The first kappa shape index (κ1) is 10.7. The molecule has 0 amide bonds. The summed E-state index contributed by atoms with van der Waals surface area (Å²) in [6.07, 6.45) is 7.49. The molecule has 4 nitrogen and oxygen atoms in total. The van der Waals surface area contributed by atoms with Crippen LogP contribution in [0, 0.1) is 22.5 Å². The highest BCUT2D eigenvalue weighted by molar-refractivity contribution is 9.10. The average molecular weight is 255 g/mol. The molecule has 1 rings (SSSR count). The minimum Gasteiger partial charge on any atom is -0.258 e. The fourth-order valence-corrected chi connectivity index (χ4v) is 1.32. The molecule has 0 radical (unpaired) electrons. The molecule has 0 aliphatic rings. The summed E-state index contributed by atoms with van der Waals surface area (Å²) in [6.45, 7) is 0. The van der Waals surface area contributed by atoms with Gasteiger partial charge in [0.2, 0.25) is 0 Å². The minimum absolute atomic E-state index is 0.00891. The Hall–Kier alpha value is -1.41. The topological polar surface area (TPSA) is 56.0 Å². The molecule has 0 saturated heterocycles. The van der Waals surface area contributed by atoms with Gasteiger partial charge in [-0.2, -0.15) is 0 Å². The first-order chi connectivity index (χ1) is 6.65. The van der Waals surface area contributed by atoms with Crippen LogP contribution in [0.25, 0.3) is 0 Å². The second-order valence-corrected chi connectivity index (χ2v) is 3.50. The molecule has 5 heteroatoms. The van der Waals surface area contributed by atoms with E-state index >= 15 is 0 Å². The molecule has 0 aliphatic heterocycles. The van der Waals surface area contributed by atoms with Crippen molar-refractivity contribution in [2.24, 2.45) is 0 Å². The molecule has 0 unspecified atom stereocenters. The Morgan fingerprint density at radius 1 is 1.71 bits per heavy atom. The van der Waals surface area contributed by atoms with E-state index in [9.17, 15) is 10.1 Å². The van der Waals surface area contributed by atoms with Crippen LogP contribution < -0.4 is 0 Å². The van der Waals surface area contributed by atoms with E-state index in [1.54, 1.807) is 0 Å². The van der Waals surface area contributed by atoms with Crippen LogP contribution in [0.3, 0.4) is 0 Å². The second kappa shape index (κ2) is 4.72. The van der Waals surface area contributed by atoms with Crippen molar-refractivity contribution in [3.63, 3.8) is 0 Å². The Balaban J connectivity index is 3.03. The van der Waals surface area contributed by atoms with Crippen molar-refractivity contribution in [3.05, 3.63) is 32.5 Å². The summed E-state index contributed by atoms with van der Waals surface area (Å²) in [5.41, 5.74) is 0.436. The highest BCUT2D eigenvalue weighted by Crippen LogP contribution is 2.21. The Kier molecular flexibility index (Phi) is 3.60. The van der Waals surface area contributed by atoms with Gasteiger partial charge in [0, 0.05) is 29.6 Å². The zero-order valence-corrected chi connectivity index (χ0v) is 8.82. The Labute approximate surface area is 89.6 Å². The predicted octanol–water partition coefficient (Wildman–Crippen LogP) is 2.32. The molecule has 0 spiro atoms. The summed E-state index contributed by atoms with van der Waals surface area (Å²) in [5.74, 6) is 2.42. The smallest absolute Gasteiger partial charge is 0.258 e. The highest BCUT2D eigenvalue weighted by Gasteiger charge is 2.14. The summed E-state index contributed by atoms with van der Waals surface area (Å²) < 4.78 is 0.591. The molecule has 1 aromatic heterocycles. The molecule has 0 aromatic carbocycles. The lowest BCUT2D eigenvalue weighted by molar-refractivity contribution is -0.386. The van der Waals surface area contributed by atoms with Crippen LogP contribution in [0.4, 0.5) is 5.69 Å². The molecule has 72 valence electrons. The summed E-state index contributed by atoms with van der Waals surface area (Å²) in [7, 11) is 0. The van der Waals surface area contributed by atoms with Crippen LogP contribution in [-0.4, -0.2) is 9.91 Å². The maximum atomic E-state index is 10.6. The van der Waals surface area contributed by atoms with Crippen molar-refractivity contribution in [2.75, 3.05) is 0 Å². The van der Waals surface area contributed by atoms with Crippen molar-refractivity contribution in [3.8, 4) is 12.3 Å². The van der Waals surface area contributed by atoms with E-state index in [-0.39, 0.29) is 5.69 Å². The van der Waals surface area contributed by atoms with E-state index in [2.05, 4.69) is 26.8 Å². The van der Waals surface area contributed by atoms with Gasteiger partial charge in [0.05, 0.1) is 4.92 Å². The third-order valence-corrected chi connectivity index (χ3v) is 2.05. The standard InChI is InChI=1S/C9H7BrN2O2/c1-2-3-4-8-9(12(13)14)5-7(10)6-11-8/h1,5-6H,3-4H2. The van der Waals surface area contributed by atoms with E-state index in [1.165, 1.54) is 12.3 Å². The number of halogens is 1. The molecule has 0 atom stereocenters. The lowest BCUT2D eigenvalue weighted by atomic mass is 10.2. The Bertz CT molecular complexity index is 398. The van der Waals surface area contributed by atoms with Gasteiger partial charge in [0.15, 0.2) is 0 Å². The van der Waals surface area contributed by atoms with E-state index in [0.29, 0.717) is 23.0 Å². The SMILES string of the molecule is C#CCCc1ncc(Br)cc1[N+](=O)[O-]. The summed E-state index contributed by atoms with van der Waals surface area (Å²) >= 11 is 3.13. The van der Waals surface area contributed by atoms with Crippen LogP contribution in [0.5, 0.6) is 0 Å². The normalized spacial score (nSPS) is 9.43. The van der Waals surface area contributed by atoms with Gasteiger partial charge in [-0.3, -0.25) is 15.1 Å². The zero-order valence-electron chi connectivity index (χ0n) is 7.24. The average Bonchev–Trinajstić information content (AvgIpc) is 2.15. The maximum Gasteiger partial charge on any atom is 0.291 e. The van der Waals surface area contributed by atoms with Gasteiger partial charge < -0.3 is 0 Å². The highest BCUT2D eigenvalue weighted by atomic mass is 79.9. The van der Waals surface area contributed by atoms with E-state index in [1.807, 2.05) is 0 Å².